The van der Waals surface area contributed by atoms with Crippen LogP contribution in [0, 0.1) is 3.57 Å². The number of anilines is 1. The molecule has 1 fully saturated rings. The lowest BCUT2D eigenvalue weighted by atomic mass is 10.1. The zero-order valence-electron chi connectivity index (χ0n) is 21.6. The van der Waals surface area contributed by atoms with Crippen LogP contribution in [0.4, 0.5) is 5.69 Å². The molecule has 0 aromatic heterocycles. The van der Waals surface area contributed by atoms with Gasteiger partial charge in [-0.2, -0.15) is 0 Å². The third-order valence-corrected chi connectivity index (χ3v) is 9.77. The van der Waals surface area contributed by atoms with Crippen LogP contribution < -0.4 is 9.62 Å². The molecule has 0 saturated heterocycles. The number of nitrogens with one attached hydrogen (secondary N) is 1. The van der Waals surface area contributed by atoms with Gasteiger partial charge in [-0.05, 0) is 90.4 Å². The SMILES string of the molecule is C[C@H](C(=O)NC1CCCC1)N(Cc1ccccc1Cl)C(=O)CN(c1ccc(I)cc1)S(=O)(=O)c1ccccc1. The Hall–Kier alpha value is -2.63. The zero-order valence-corrected chi connectivity index (χ0v) is 25.3. The van der Waals surface area contributed by atoms with Crippen LogP contribution in [0.1, 0.15) is 38.2 Å². The molecule has 0 heterocycles. The van der Waals surface area contributed by atoms with E-state index in [-0.39, 0.29) is 23.4 Å². The summed E-state index contributed by atoms with van der Waals surface area (Å²) in [6, 6.07) is 21.3. The number of nitrogens with zero attached hydrogens (tertiary/aromatic N) is 2. The molecule has 10 heteroatoms. The van der Waals surface area contributed by atoms with Crippen LogP contribution >= 0.6 is 34.2 Å². The fourth-order valence-corrected chi connectivity index (χ4v) is 6.63. The number of amides is 2. The van der Waals surface area contributed by atoms with Gasteiger partial charge >= 0.3 is 0 Å². The largest absolute Gasteiger partial charge is 0.352 e. The van der Waals surface area contributed by atoms with Crippen LogP contribution in [0.2, 0.25) is 5.02 Å². The summed E-state index contributed by atoms with van der Waals surface area (Å²) in [5.41, 5.74) is 1.02. The molecule has 0 spiro atoms. The molecule has 206 valence electrons. The lowest BCUT2D eigenvalue weighted by Crippen LogP contribution is -2.52. The van der Waals surface area contributed by atoms with Gasteiger partial charge in [-0.15, -0.1) is 0 Å². The van der Waals surface area contributed by atoms with Crippen LogP contribution in [0.3, 0.4) is 0 Å². The van der Waals surface area contributed by atoms with Crippen molar-refractivity contribution in [3.8, 4) is 0 Å². The van der Waals surface area contributed by atoms with Crippen LogP contribution in [0.25, 0.3) is 0 Å². The van der Waals surface area contributed by atoms with E-state index >= 15 is 0 Å². The first-order valence-electron chi connectivity index (χ1n) is 12.8. The third-order valence-electron chi connectivity index (χ3n) is 6.89. The van der Waals surface area contributed by atoms with E-state index in [2.05, 4.69) is 27.9 Å². The molecule has 0 unspecified atom stereocenters. The van der Waals surface area contributed by atoms with E-state index in [0.717, 1.165) is 33.6 Å². The number of hydrogen-bond donors (Lipinski definition) is 1. The monoisotopic (exact) mass is 679 g/mol. The topological polar surface area (TPSA) is 86.8 Å². The fraction of sp³-hybridized carbons (Fsp3) is 0.310. The fourth-order valence-electron chi connectivity index (χ4n) is 4.64. The Balaban J connectivity index is 1.68. The predicted molar refractivity (Wildman–Crippen MR) is 162 cm³/mol. The van der Waals surface area contributed by atoms with Gasteiger partial charge in [-0.1, -0.05) is 60.8 Å². The highest BCUT2D eigenvalue weighted by Crippen LogP contribution is 2.26. The average Bonchev–Trinajstić information content (AvgIpc) is 3.45. The number of carbonyl (C=O) groups excluding carboxylic acids is 2. The van der Waals surface area contributed by atoms with Gasteiger partial charge < -0.3 is 10.2 Å². The maximum absolute atomic E-state index is 14.0. The Morgan fingerprint density at radius 1 is 0.974 bits per heavy atom. The van der Waals surface area contributed by atoms with E-state index in [9.17, 15) is 18.0 Å². The van der Waals surface area contributed by atoms with Gasteiger partial charge in [-0.25, -0.2) is 8.42 Å². The molecule has 1 saturated carbocycles. The quantitative estimate of drug-likeness (QED) is 0.282. The van der Waals surface area contributed by atoms with Crippen molar-refractivity contribution < 1.29 is 18.0 Å². The Bertz CT molecular complexity index is 1400. The first-order valence-corrected chi connectivity index (χ1v) is 15.7. The molecular formula is C29H31ClIN3O4S. The van der Waals surface area contributed by atoms with Crippen molar-refractivity contribution in [1.29, 1.82) is 0 Å². The summed E-state index contributed by atoms with van der Waals surface area (Å²) in [5.74, 6) is -0.781. The molecular weight excluding hydrogens is 649 g/mol. The van der Waals surface area contributed by atoms with E-state index in [1.54, 1.807) is 67.6 Å². The molecule has 0 radical (unpaired) electrons. The molecule has 4 rings (SSSR count). The van der Waals surface area contributed by atoms with Gasteiger partial charge in [-0.3, -0.25) is 13.9 Å². The molecule has 1 aliphatic rings. The standard InChI is InChI=1S/C29H31ClIN3O4S/c1-21(29(36)32-24-10-6-7-11-24)33(19-22-9-5-8-14-27(22)30)28(35)20-34(25-17-15-23(31)16-18-25)39(37,38)26-12-3-2-4-13-26/h2-5,8-9,12-18,21,24H,6-7,10-11,19-20H2,1H3,(H,32,36)/t21-/m1/s1. The Morgan fingerprint density at radius 3 is 2.23 bits per heavy atom. The Labute approximate surface area is 248 Å². The van der Waals surface area contributed by atoms with E-state index in [1.165, 1.54) is 17.0 Å². The normalized spacial score (nSPS) is 14.5. The van der Waals surface area contributed by atoms with Gasteiger partial charge in [0, 0.05) is 21.2 Å². The molecule has 3 aromatic carbocycles. The molecule has 0 bridgehead atoms. The van der Waals surface area contributed by atoms with Crippen molar-refractivity contribution in [3.05, 3.63) is 93.0 Å². The number of rotatable bonds is 10. The van der Waals surface area contributed by atoms with Gasteiger partial charge in [0.05, 0.1) is 10.6 Å². The van der Waals surface area contributed by atoms with E-state index in [1.807, 2.05) is 6.07 Å². The molecule has 3 aromatic rings. The van der Waals surface area contributed by atoms with Gasteiger partial charge in [0.15, 0.2) is 0 Å². The van der Waals surface area contributed by atoms with Crippen molar-refractivity contribution in [2.75, 3.05) is 10.8 Å². The molecule has 39 heavy (non-hydrogen) atoms. The molecule has 1 aliphatic carbocycles. The first-order chi connectivity index (χ1) is 18.7. The molecule has 1 atom stereocenters. The summed E-state index contributed by atoms with van der Waals surface area (Å²) in [5, 5.41) is 3.53. The summed E-state index contributed by atoms with van der Waals surface area (Å²) in [6.45, 7) is 1.24. The van der Waals surface area contributed by atoms with Gasteiger partial charge in [0.2, 0.25) is 11.8 Å². The first kappa shape index (κ1) is 29.4. The smallest absolute Gasteiger partial charge is 0.264 e. The van der Waals surface area contributed by atoms with E-state index < -0.39 is 28.5 Å². The van der Waals surface area contributed by atoms with Crippen molar-refractivity contribution in [3.63, 3.8) is 0 Å². The highest BCUT2D eigenvalue weighted by atomic mass is 127. The minimum absolute atomic E-state index is 0.0592. The van der Waals surface area contributed by atoms with Crippen LogP contribution in [-0.2, 0) is 26.2 Å². The molecule has 1 N–H and O–H groups in total. The van der Waals surface area contributed by atoms with Gasteiger partial charge in [0.25, 0.3) is 10.0 Å². The minimum atomic E-state index is -4.08. The number of carbonyl (C=O) groups is 2. The Kier molecular flexibility index (Phi) is 9.90. The summed E-state index contributed by atoms with van der Waals surface area (Å²) in [6.07, 6.45) is 3.94. The maximum atomic E-state index is 14.0. The summed E-state index contributed by atoms with van der Waals surface area (Å²) in [4.78, 5) is 28.7. The summed E-state index contributed by atoms with van der Waals surface area (Å²) in [7, 11) is -4.08. The maximum Gasteiger partial charge on any atom is 0.264 e. The third kappa shape index (κ3) is 7.32. The van der Waals surface area contributed by atoms with Crippen molar-refractivity contribution in [2.45, 2.75) is 56.1 Å². The van der Waals surface area contributed by atoms with Crippen molar-refractivity contribution >= 4 is 61.7 Å². The second kappa shape index (κ2) is 13.1. The minimum Gasteiger partial charge on any atom is -0.352 e. The number of halogens is 2. The van der Waals surface area contributed by atoms with Crippen LogP contribution in [-0.4, -0.2) is 43.8 Å². The number of benzene rings is 3. The zero-order chi connectivity index (χ0) is 28.0. The van der Waals surface area contributed by atoms with Crippen LogP contribution in [0.5, 0.6) is 0 Å². The molecule has 2 amide bonds. The van der Waals surface area contributed by atoms with Crippen molar-refractivity contribution in [2.24, 2.45) is 0 Å². The van der Waals surface area contributed by atoms with Crippen LogP contribution in [0.15, 0.2) is 83.8 Å². The molecule has 7 nitrogen and oxygen atoms in total. The lowest BCUT2D eigenvalue weighted by molar-refractivity contribution is -0.139. The second-order valence-corrected chi connectivity index (χ2v) is 13.1. The average molecular weight is 680 g/mol. The number of sulfonamides is 1. The van der Waals surface area contributed by atoms with Gasteiger partial charge in [0.1, 0.15) is 12.6 Å². The highest BCUT2D eigenvalue weighted by molar-refractivity contribution is 14.1. The second-order valence-electron chi connectivity index (χ2n) is 9.58. The van der Waals surface area contributed by atoms with Crippen molar-refractivity contribution in [1.82, 2.24) is 10.2 Å². The van der Waals surface area contributed by atoms with E-state index in [4.69, 9.17) is 11.6 Å². The predicted octanol–water partition coefficient (Wildman–Crippen LogP) is 5.62. The summed E-state index contributed by atoms with van der Waals surface area (Å²) >= 11 is 8.56. The van der Waals surface area contributed by atoms with E-state index in [0.29, 0.717) is 16.3 Å². The number of hydrogen-bond acceptors (Lipinski definition) is 4. The highest BCUT2D eigenvalue weighted by Gasteiger charge is 2.33. The molecule has 0 aliphatic heterocycles. The Morgan fingerprint density at radius 2 is 1.59 bits per heavy atom. The summed E-state index contributed by atoms with van der Waals surface area (Å²) < 4.78 is 29.6. The lowest BCUT2D eigenvalue weighted by Gasteiger charge is -2.32.